The number of ether oxygens (including phenoxy) is 2. The van der Waals surface area contributed by atoms with E-state index >= 15 is 0 Å². The zero-order chi connectivity index (χ0) is 19.7. The third-order valence-electron chi connectivity index (χ3n) is 4.57. The monoisotopic (exact) mass is 392 g/mol. The van der Waals surface area contributed by atoms with Gasteiger partial charge < -0.3 is 14.4 Å². The molecule has 1 saturated heterocycles. The maximum absolute atomic E-state index is 12.5. The number of hydrogen-bond acceptors (Lipinski definition) is 5. The summed E-state index contributed by atoms with van der Waals surface area (Å²) >= 11 is 0. The molecule has 4 rings (SSSR count). The van der Waals surface area contributed by atoms with Crippen LogP contribution in [0.25, 0.3) is 16.9 Å². The number of aromatic nitrogens is 3. The molecule has 0 bridgehead atoms. The van der Waals surface area contributed by atoms with Crippen LogP contribution in [0.2, 0.25) is 0 Å². The topological polar surface area (TPSA) is 51.9 Å². The number of piperidine rings is 1. The molecule has 1 fully saturated rings. The van der Waals surface area contributed by atoms with E-state index in [9.17, 15) is 13.2 Å². The zero-order valence-corrected chi connectivity index (χ0v) is 15.2. The van der Waals surface area contributed by atoms with Gasteiger partial charge in [0.2, 0.25) is 5.88 Å². The molecule has 1 aliphatic rings. The van der Waals surface area contributed by atoms with Crippen LogP contribution in [0.15, 0.2) is 42.6 Å². The maximum atomic E-state index is 12.5. The second-order valence-electron chi connectivity index (χ2n) is 6.80. The average Bonchev–Trinajstić information content (AvgIpc) is 3.04. The van der Waals surface area contributed by atoms with Crippen molar-refractivity contribution in [3.05, 3.63) is 42.6 Å². The summed E-state index contributed by atoms with van der Waals surface area (Å²) < 4.78 is 49.1. The number of halogens is 3. The Hall–Kier alpha value is -2.81. The number of likely N-dealkylation sites (N-methyl/N-ethyl adjacent to an activating group) is 1. The van der Waals surface area contributed by atoms with Gasteiger partial charge >= 0.3 is 6.36 Å². The third kappa shape index (κ3) is 4.19. The summed E-state index contributed by atoms with van der Waals surface area (Å²) in [6.45, 7) is 1.88. The quantitative estimate of drug-likeness (QED) is 0.677. The van der Waals surface area contributed by atoms with Gasteiger partial charge in [-0.25, -0.2) is 9.50 Å². The highest BCUT2D eigenvalue weighted by Crippen LogP contribution is 2.28. The first-order valence-electron chi connectivity index (χ1n) is 8.93. The minimum absolute atomic E-state index is 0.0548. The molecule has 3 heterocycles. The predicted molar refractivity (Wildman–Crippen MR) is 96.3 cm³/mol. The van der Waals surface area contributed by atoms with Crippen LogP contribution < -0.4 is 9.47 Å². The molecule has 1 aliphatic heterocycles. The highest BCUT2D eigenvalue weighted by atomic mass is 19.4. The van der Waals surface area contributed by atoms with Crippen molar-refractivity contribution in [3.8, 4) is 22.9 Å². The molecule has 0 aliphatic carbocycles. The van der Waals surface area contributed by atoms with E-state index in [1.807, 2.05) is 0 Å². The molecule has 6 nitrogen and oxygen atoms in total. The Morgan fingerprint density at radius 2 is 2.04 bits per heavy atom. The summed E-state index contributed by atoms with van der Waals surface area (Å²) in [5.74, 6) is 0.160. The number of hydrogen-bond donors (Lipinski definition) is 0. The third-order valence-corrected chi connectivity index (χ3v) is 4.57. The fourth-order valence-corrected chi connectivity index (χ4v) is 3.35. The van der Waals surface area contributed by atoms with Crippen molar-refractivity contribution >= 4 is 5.65 Å². The van der Waals surface area contributed by atoms with E-state index in [2.05, 4.69) is 26.8 Å². The molecule has 1 aromatic carbocycles. The average molecular weight is 392 g/mol. The lowest BCUT2D eigenvalue weighted by atomic mass is 10.1. The van der Waals surface area contributed by atoms with Gasteiger partial charge in [0, 0.05) is 18.2 Å². The number of fused-ring (bicyclic) bond motifs is 1. The molecular formula is C19H19F3N4O2. The van der Waals surface area contributed by atoms with E-state index in [0.29, 0.717) is 22.8 Å². The minimum atomic E-state index is -4.75. The Kier molecular flexibility index (Phi) is 4.84. The van der Waals surface area contributed by atoms with Crippen molar-refractivity contribution in [2.24, 2.45) is 0 Å². The lowest BCUT2D eigenvalue weighted by Crippen LogP contribution is -2.38. The minimum Gasteiger partial charge on any atom is -0.472 e. The number of imidazole rings is 1. The second kappa shape index (κ2) is 7.31. The molecule has 1 atom stereocenters. The van der Waals surface area contributed by atoms with Crippen molar-refractivity contribution in [2.75, 3.05) is 20.1 Å². The van der Waals surface area contributed by atoms with Crippen molar-refractivity contribution in [3.63, 3.8) is 0 Å². The Bertz CT molecular complexity index is 973. The summed E-state index contributed by atoms with van der Waals surface area (Å²) in [4.78, 5) is 6.48. The fourth-order valence-electron chi connectivity index (χ4n) is 3.35. The van der Waals surface area contributed by atoms with Crippen LogP contribution in [0.5, 0.6) is 11.6 Å². The number of benzene rings is 1. The maximum Gasteiger partial charge on any atom is 0.573 e. The molecule has 0 radical (unpaired) electrons. The van der Waals surface area contributed by atoms with Gasteiger partial charge in [-0.3, -0.25) is 0 Å². The van der Waals surface area contributed by atoms with E-state index in [0.717, 1.165) is 25.9 Å². The zero-order valence-electron chi connectivity index (χ0n) is 15.2. The van der Waals surface area contributed by atoms with Crippen LogP contribution in [-0.2, 0) is 0 Å². The molecule has 0 N–H and O–H groups in total. The van der Waals surface area contributed by atoms with Crippen molar-refractivity contribution < 1.29 is 22.6 Å². The van der Waals surface area contributed by atoms with E-state index < -0.39 is 6.36 Å². The highest BCUT2D eigenvalue weighted by molar-refractivity contribution is 5.64. The Balaban J connectivity index is 1.62. The molecule has 148 valence electrons. The number of likely N-dealkylation sites (tertiary alicyclic amines) is 1. The molecule has 0 amide bonds. The molecule has 1 unspecified atom stereocenters. The summed E-state index contributed by atoms with van der Waals surface area (Å²) in [6.07, 6.45) is -1.11. The van der Waals surface area contributed by atoms with Crippen molar-refractivity contribution in [2.45, 2.75) is 25.3 Å². The molecule has 9 heteroatoms. The first-order valence-corrected chi connectivity index (χ1v) is 8.93. The summed E-state index contributed by atoms with van der Waals surface area (Å²) in [5, 5.41) is 4.49. The predicted octanol–water partition coefficient (Wildman–Crippen LogP) is 3.77. The van der Waals surface area contributed by atoms with Crippen LogP contribution in [0.4, 0.5) is 13.2 Å². The van der Waals surface area contributed by atoms with E-state index in [4.69, 9.17) is 4.74 Å². The Morgan fingerprint density at radius 1 is 1.18 bits per heavy atom. The normalized spacial score (nSPS) is 18.4. The molecular weight excluding hydrogens is 373 g/mol. The van der Waals surface area contributed by atoms with Gasteiger partial charge in [-0.2, -0.15) is 0 Å². The summed E-state index contributed by atoms with van der Waals surface area (Å²) in [7, 11) is 2.05. The molecule has 0 spiro atoms. The van der Waals surface area contributed by atoms with Gasteiger partial charge in [-0.15, -0.1) is 18.3 Å². The van der Waals surface area contributed by atoms with Crippen LogP contribution >= 0.6 is 0 Å². The second-order valence-corrected chi connectivity index (χ2v) is 6.80. The molecule has 28 heavy (non-hydrogen) atoms. The SMILES string of the molecule is CN1CCCC(Oc2ccc3ncc(-c4cccc(OC(F)(F)F)c4)n3n2)C1. The molecule has 3 aromatic rings. The standard InChI is InChI=1S/C19H19F3N4O2/c1-25-9-3-6-15(12-25)27-18-8-7-17-23-11-16(26(17)24-18)13-4-2-5-14(10-13)28-19(20,21)22/h2,4-5,7-8,10-11,15H,3,6,9,12H2,1H3. The van der Waals surface area contributed by atoms with Gasteiger partial charge in [0.1, 0.15) is 11.9 Å². The van der Waals surface area contributed by atoms with Crippen LogP contribution in [0.3, 0.4) is 0 Å². The largest absolute Gasteiger partial charge is 0.573 e. The van der Waals surface area contributed by atoms with Crippen LogP contribution in [-0.4, -0.2) is 52.1 Å². The van der Waals surface area contributed by atoms with E-state index in [1.54, 1.807) is 28.9 Å². The van der Waals surface area contributed by atoms with Gasteiger partial charge in [-0.1, -0.05) is 12.1 Å². The number of rotatable bonds is 4. The molecule has 0 saturated carbocycles. The smallest absolute Gasteiger partial charge is 0.472 e. The van der Waals surface area contributed by atoms with E-state index in [1.165, 1.54) is 18.2 Å². The van der Waals surface area contributed by atoms with Crippen LogP contribution in [0, 0.1) is 0 Å². The van der Waals surface area contributed by atoms with Crippen molar-refractivity contribution in [1.82, 2.24) is 19.5 Å². The van der Waals surface area contributed by atoms with E-state index in [-0.39, 0.29) is 11.9 Å². The number of alkyl halides is 3. The lowest BCUT2D eigenvalue weighted by molar-refractivity contribution is -0.274. The first-order chi connectivity index (χ1) is 13.4. The van der Waals surface area contributed by atoms with Gasteiger partial charge in [0.15, 0.2) is 5.65 Å². The molecule has 2 aromatic heterocycles. The fraction of sp³-hybridized carbons (Fsp3) is 0.368. The Morgan fingerprint density at radius 3 is 2.82 bits per heavy atom. The summed E-state index contributed by atoms with van der Waals surface area (Å²) in [5.41, 5.74) is 1.63. The summed E-state index contributed by atoms with van der Waals surface area (Å²) in [6, 6.07) is 9.26. The van der Waals surface area contributed by atoms with Gasteiger partial charge in [-0.05, 0) is 44.6 Å². The number of nitrogens with zero attached hydrogens (tertiary/aromatic N) is 4. The van der Waals surface area contributed by atoms with Gasteiger partial charge in [0.05, 0.1) is 11.9 Å². The lowest BCUT2D eigenvalue weighted by Gasteiger charge is -2.29. The first kappa shape index (κ1) is 18.5. The highest BCUT2D eigenvalue weighted by Gasteiger charge is 2.31. The van der Waals surface area contributed by atoms with Crippen LogP contribution in [0.1, 0.15) is 12.8 Å². The Labute approximate surface area is 159 Å². The van der Waals surface area contributed by atoms with Crippen molar-refractivity contribution in [1.29, 1.82) is 0 Å². The van der Waals surface area contributed by atoms with Gasteiger partial charge in [0.25, 0.3) is 0 Å².